The number of rotatable bonds is 5. The predicted molar refractivity (Wildman–Crippen MR) is 113 cm³/mol. The van der Waals surface area contributed by atoms with Crippen LogP contribution in [0.1, 0.15) is 16.3 Å². The zero-order valence-electron chi connectivity index (χ0n) is 16.0. The molecule has 0 bridgehead atoms. The number of methoxy groups -OCH3 is 1. The Bertz CT molecular complexity index is 1170. The first-order valence-electron chi connectivity index (χ1n) is 9.04. The van der Waals surface area contributed by atoms with Crippen molar-refractivity contribution >= 4 is 34.0 Å². The zero-order valence-corrected chi connectivity index (χ0v) is 16.0. The molecule has 144 valence electrons. The third kappa shape index (κ3) is 4.14. The fourth-order valence-corrected chi connectivity index (χ4v) is 2.96. The number of amides is 1. The van der Waals surface area contributed by atoms with E-state index >= 15 is 0 Å². The van der Waals surface area contributed by atoms with Crippen LogP contribution in [0.5, 0.6) is 5.75 Å². The molecule has 0 aliphatic carbocycles. The molecule has 0 saturated carbocycles. The Labute approximate surface area is 167 Å². The van der Waals surface area contributed by atoms with Crippen LogP contribution in [0.4, 0.5) is 17.2 Å². The number of hydrogen-bond donors (Lipinski definition) is 2. The van der Waals surface area contributed by atoms with Gasteiger partial charge in [0.05, 0.1) is 18.3 Å². The maximum absolute atomic E-state index is 12.8. The van der Waals surface area contributed by atoms with Gasteiger partial charge in [-0.3, -0.25) is 9.78 Å². The lowest BCUT2D eigenvalue weighted by Crippen LogP contribution is -2.15. The van der Waals surface area contributed by atoms with Crippen LogP contribution in [0.3, 0.4) is 0 Å². The lowest BCUT2D eigenvalue weighted by molar-refractivity contribution is 0.102. The van der Waals surface area contributed by atoms with Gasteiger partial charge < -0.3 is 15.4 Å². The van der Waals surface area contributed by atoms with Gasteiger partial charge in [0.2, 0.25) is 0 Å². The molecule has 0 aliphatic rings. The molecule has 2 aromatic carbocycles. The minimum atomic E-state index is -0.327. The van der Waals surface area contributed by atoms with Crippen molar-refractivity contribution < 1.29 is 9.53 Å². The molecule has 2 N–H and O–H groups in total. The van der Waals surface area contributed by atoms with Gasteiger partial charge in [-0.25, -0.2) is 9.97 Å². The summed E-state index contributed by atoms with van der Waals surface area (Å²) in [6.07, 6.45) is 1.70. The summed E-state index contributed by atoms with van der Waals surface area (Å²) in [5.74, 6) is 1.46. The normalized spacial score (nSPS) is 10.6. The van der Waals surface area contributed by atoms with Crippen molar-refractivity contribution in [2.24, 2.45) is 0 Å². The van der Waals surface area contributed by atoms with Crippen LogP contribution in [-0.4, -0.2) is 28.0 Å². The largest absolute Gasteiger partial charge is 0.497 e. The highest BCUT2D eigenvalue weighted by molar-refractivity contribution is 6.07. The first kappa shape index (κ1) is 18.4. The van der Waals surface area contributed by atoms with Gasteiger partial charge in [-0.05, 0) is 43.3 Å². The van der Waals surface area contributed by atoms with Gasteiger partial charge in [0.15, 0.2) is 0 Å². The Morgan fingerprint density at radius 2 is 1.79 bits per heavy atom. The minimum Gasteiger partial charge on any atom is -0.497 e. The van der Waals surface area contributed by atoms with Gasteiger partial charge >= 0.3 is 0 Å². The second-order valence-corrected chi connectivity index (χ2v) is 6.37. The van der Waals surface area contributed by atoms with Crippen LogP contribution in [0.2, 0.25) is 0 Å². The van der Waals surface area contributed by atoms with Crippen LogP contribution in [0.25, 0.3) is 10.9 Å². The maximum atomic E-state index is 12.8. The molecule has 29 heavy (non-hydrogen) atoms. The summed E-state index contributed by atoms with van der Waals surface area (Å²) >= 11 is 0. The molecule has 2 aromatic heterocycles. The van der Waals surface area contributed by atoms with E-state index in [1.165, 1.54) is 0 Å². The summed E-state index contributed by atoms with van der Waals surface area (Å²) in [5.41, 5.74) is 2.45. The van der Waals surface area contributed by atoms with Crippen LogP contribution < -0.4 is 15.4 Å². The molecule has 0 fully saturated rings. The summed E-state index contributed by atoms with van der Waals surface area (Å²) in [6, 6.07) is 18.5. The smallest absolute Gasteiger partial charge is 0.274 e. The summed E-state index contributed by atoms with van der Waals surface area (Å²) < 4.78 is 5.16. The van der Waals surface area contributed by atoms with E-state index < -0.39 is 0 Å². The van der Waals surface area contributed by atoms with Gasteiger partial charge in [0, 0.05) is 23.3 Å². The Morgan fingerprint density at radius 3 is 2.59 bits per heavy atom. The highest BCUT2D eigenvalue weighted by atomic mass is 16.5. The summed E-state index contributed by atoms with van der Waals surface area (Å²) in [6.45, 7) is 1.75. The summed E-state index contributed by atoms with van der Waals surface area (Å²) in [5, 5.41) is 7.03. The zero-order chi connectivity index (χ0) is 20.2. The van der Waals surface area contributed by atoms with Crippen LogP contribution in [-0.2, 0) is 0 Å². The Kier molecular flexibility index (Phi) is 5.03. The molecule has 0 spiro atoms. The van der Waals surface area contributed by atoms with E-state index in [0.29, 0.717) is 17.3 Å². The molecule has 0 radical (unpaired) electrons. The number of para-hydroxylation sites is 1. The van der Waals surface area contributed by atoms with Crippen molar-refractivity contribution in [3.8, 4) is 5.75 Å². The van der Waals surface area contributed by atoms with Crippen molar-refractivity contribution in [1.29, 1.82) is 0 Å². The second kappa shape index (κ2) is 7.93. The SMILES string of the molecule is COc1ccc(Nc2cc(C(=O)Nc3cccc4cccnc34)nc(C)n2)cc1. The second-order valence-electron chi connectivity index (χ2n) is 6.37. The molecule has 0 atom stereocenters. The Balaban J connectivity index is 1.58. The first-order valence-corrected chi connectivity index (χ1v) is 9.04. The highest BCUT2D eigenvalue weighted by Crippen LogP contribution is 2.22. The number of ether oxygens (including phenoxy) is 1. The first-order chi connectivity index (χ1) is 14.1. The van der Waals surface area contributed by atoms with E-state index in [-0.39, 0.29) is 11.6 Å². The number of pyridine rings is 1. The lowest BCUT2D eigenvalue weighted by Gasteiger charge is -2.10. The van der Waals surface area contributed by atoms with Crippen LogP contribution in [0, 0.1) is 6.92 Å². The molecule has 0 saturated heterocycles. The number of nitrogens with one attached hydrogen (secondary N) is 2. The van der Waals surface area contributed by atoms with Gasteiger partial charge in [0.25, 0.3) is 5.91 Å². The number of nitrogens with zero attached hydrogens (tertiary/aromatic N) is 3. The average Bonchev–Trinajstić information content (AvgIpc) is 2.74. The molecule has 4 aromatic rings. The van der Waals surface area contributed by atoms with E-state index in [4.69, 9.17) is 4.74 Å². The molecular weight excluding hydrogens is 366 g/mol. The third-order valence-corrected chi connectivity index (χ3v) is 4.31. The quantitative estimate of drug-likeness (QED) is 0.531. The molecule has 7 heteroatoms. The van der Waals surface area contributed by atoms with Crippen molar-refractivity contribution in [3.63, 3.8) is 0 Å². The van der Waals surface area contributed by atoms with Crippen molar-refractivity contribution in [3.05, 3.63) is 78.4 Å². The molecule has 1 amide bonds. The molecular formula is C22H19N5O2. The number of aromatic nitrogens is 3. The van der Waals surface area contributed by atoms with Gasteiger partial charge in [-0.15, -0.1) is 0 Å². The Morgan fingerprint density at radius 1 is 1.00 bits per heavy atom. The van der Waals surface area contributed by atoms with Gasteiger partial charge in [-0.1, -0.05) is 18.2 Å². The number of benzene rings is 2. The topological polar surface area (TPSA) is 89.0 Å². The van der Waals surface area contributed by atoms with Crippen molar-refractivity contribution in [1.82, 2.24) is 15.0 Å². The molecule has 0 aliphatic heterocycles. The summed E-state index contributed by atoms with van der Waals surface area (Å²) in [4.78, 5) is 25.8. The minimum absolute atomic E-state index is 0.265. The van der Waals surface area contributed by atoms with E-state index in [2.05, 4.69) is 25.6 Å². The van der Waals surface area contributed by atoms with Crippen molar-refractivity contribution in [2.45, 2.75) is 6.92 Å². The number of carbonyl (C=O) groups excluding carboxylic acids is 1. The number of aryl methyl sites for hydroxylation is 1. The molecule has 7 nitrogen and oxygen atoms in total. The molecule has 2 heterocycles. The van der Waals surface area contributed by atoms with Crippen LogP contribution >= 0.6 is 0 Å². The fourth-order valence-electron chi connectivity index (χ4n) is 2.96. The molecule has 0 unspecified atom stereocenters. The van der Waals surface area contributed by atoms with E-state index in [1.54, 1.807) is 26.3 Å². The number of hydrogen-bond acceptors (Lipinski definition) is 6. The fraction of sp³-hybridized carbons (Fsp3) is 0.0909. The van der Waals surface area contributed by atoms with Crippen LogP contribution in [0.15, 0.2) is 66.9 Å². The predicted octanol–water partition coefficient (Wildman–Crippen LogP) is 4.34. The van der Waals surface area contributed by atoms with E-state index in [1.807, 2.05) is 54.6 Å². The van der Waals surface area contributed by atoms with Gasteiger partial charge in [0.1, 0.15) is 23.1 Å². The highest BCUT2D eigenvalue weighted by Gasteiger charge is 2.13. The molecule has 4 rings (SSSR count). The third-order valence-electron chi connectivity index (χ3n) is 4.31. The lowest BCUT2D eigenvalue weighted by atomic mass is 10.2. The van der Waals surface area contributed by atoms with Gasteiger partial charge in [-0.2, -0.15) is 0 Å². The monoisotopic (exact) mass is 385 g/mol. The number of fused-ring (bicyclic) bond motifs is 1. The number of carbonyl (C=O) groups is 1. The maximum Gasteiger partial charge on any atom is 0.274 e. The van der Waals surface area contributed by atoms with Crippen molar-refractivity contribution in [2.75, 3.05) is 17.7 Å². The number of anilines is 3. The Hall–Kier alpha value is -4.00. The summed E-state index contributed by atoms with van der Waals surface area (Å²) in [7, 11) is 1.62. The van der Waals surface area contributed by atoms with E-state index in [0.717, 1.165) is 22.3 Å². The standard InChI is InChI=1S/C22H19N5O2/c1-14-24-19(13-20(25-14)26-16-8-10-17(29-2)11-9-16)22(28)27-18-7-3-5-15-6-4-12-23-21(15)18/h3-13H,1-2H3,(H,27,28)(H,24,25,26). The average molecular weight is 385 g/mol. The van der Waals surface area contributed by atoms with E-state index in [9.17, 15) is 4.79 Å².